The van der Waals surface area contributed by atoms with E-state index < -0.39 is 0 Å². The van der Waals surface area contributed by atoms with Gasteiger partial charge in [0.2, 0.25) is 0 Å². The Morgan fingerprint density at radius 2 is 2.04 bits per heavy atom. The van der Waals surface area contributed by atoms with Gasteiger partial charge in [0.15, 0.2) is 11.5 Å². The molecule has 0 spiro atoms. The van der Waals surface area contributed by atoms with Crippen LogP contribution in [-0.4, -0.2) is 36.3 Å². The monoisotopic (exact) mass is 490 g/mol. The van der Waals surface area contributed by atoms with Gasteiger partial charge in [-0.25, -0.2) is 0 Å². The summed E-state index contributed by atoms with van der Waals surface area (Å²) in [5.41, 5.74) is 3.32. The number of benzene rings is 2. The zero-order chi connectivity index (χ0) is 19.5. The van der Waals surface area contributed by atoms with Crippen LogP contribution in [0.25, 0.3) is 0 Å². The number of ether oxygens (including phenoxy) is 2. The molecule has 0 aromatic heterocycles. The van der Waals surface area contributed by atoms with Gasteiger partial charge in [-0.05, 0) is 41.4 Å². The molecule has 5 nitrogen and oxygen atoms in total. The molecule has 2 aliphatic rings. The maximum absolute atomic E-state index is 13.3. The first-order chi connectivity index (χ1) is 13.7. The number of para-hydroxylation sites is 1. The Bertz CT molecular complexity index is 913. The van der Waals surface area contributed by atoms with Crippen molar-refractivity contribution in [3.8, 4) is 11.5 Å². The van der Waals surface area contributed by atoms with E-state index in [4.69, 9.17) is 9.47 Å². The predicted molar refractivity (Wildman–Crippen MR) is 120 cm³/mol. The molecule has 28 heavy (non-hydrogen) atoms. The first-order valence-corrected chi connectivity index (χ1v) is 11.1. The largest absolute Gasteiger partial charge is 0.493 e. The molecule has 2 heterocycles. The van der Waals surface area contributed by atoms with Gasteiger partial charge in [-0.15, -0.1) is 0 Å². The van der Waals surface area contributed by atoms with Gasteiger partial charge >= 0.3 is 0 Å². The third-order valence-corrected chi connectivity index (χ3v) is 5.93. The first kappa shape index (κ1) is 19.2. The number of hydrogen-bond donors (Lipinski definition) is 0. The van der Waals surface area contributed by atoms with Crippen LogP contribution in [-0.2, 0) is 6.42 Å². The molecular weight excluding hydrogens is 467 g/mol. The second kappa shape index (κ2) is 8.51. The normalized spacial score (nSPS) is 17.0. The summed E-state index contributed by atoms with van der Waals surface area (Å²) >= 11 is 2.39. The molecule has 1 atom stereocenters. The summed E-state index contributed by atoms with van der Waals surface area (Å²) in [7, 11) is 1.60. The molecule has 2 aliphatic heterocycles. The average molecular weight is 490 g/mol. The number of hydrogen-bond acceptors (Lipinski definition) is 4. The molecule has 0 aliphatic carbocycles. The maximum atomic E-state index is 13.3. The lowest BCUT2D eigenvalue weighted by Crippen LogP contribution is -2.37. The van der Waals surface area contributed by atoms with Crippen molar-refractivity contribution in [2.24, 2.45) is 4.99 Å². The molecule has 1 amide bonds. The van der Waals surface area contributed by atoms with Crippen molar-refractivity contribution in [1.82, 2.24) is 0 Å². The third-order valence-electron chi connectivity index (χ3n) is 5.16. The quantitative estimate of drug-likeness (QED) is 0.313. The van der Waals surface area contributed by atoms with Crippen LogP contribution in [0.1, 0.15) is 35.2 Å². The van der Waals surface area contributed by atoms with Gasteiger partial charge < -0.3 is 9.47 Å². The van der Waals surface area contributed by atoms with Crippen molar-refractivity contribution in [3.63, 3.8) is 0 Å². The minimum Gasteiger partial charge on any atom is -0.493 e. The van der Waals surface area contributed by atoms with Crippen LogP contribution in [0, 0.1) is 0 Å². The summed E-state index contributed by atoms with van der Waals surface area (Å²) in [6.45, 7) is 0.631. The topological polar surface area (TPSA) is 51.1 Å². The highest BCUT2D eigenvalue weighted by Gasteiger charge is 2.36. The molecular formula is C22H23IN2O3. The van der Waals surface area contributed by atoms with Gasteiger partial charge in [-0.1, -0.05) is 40.8 Å². The van der Waals surface area contributed by atoms with Crippen molar-refractivity contribution < 1.29 is 14.3 Å². The highest BCUT2D eigenvalue weighted by molar-refractivity contribution is 14.1. The first-order valence-electron chi connectivity index (χ1n) is 9.59. The summed E-state index contributed by atoms with van der Waals surface area (Å²) in [6, 6.07) is 11.6. The zero-order valence-electron chi connectivity index (χ0n) is 15.9. The van der Waals surface area contributed by atoms with E-state index in [0.717, 1.165) is 29.4 Å². The molecule has 2 aromatic carbocycles. The van der Waals surface area contributed by atoms with Gasteiger partial charge in [0.05, 0.1) is 31.0 Å². The molecule has 0 saturated heterocycles. The number of aliphatic imine (C=N–C) groups is 1. The number of carbonyl (C=O) groups excluding carboxylic acids is 1. The molecule has 4 rings (SSSR count). The summed E-state index contributed by atoms with van der Waals surface area (Å²) in [4.78, 5) is 19.8. The number of halogens is 1. The van der Waals surface area contributed by atoms with Crippen LogP contribution >= 0.6 is 22.6 Å². The molecule has 0 radical (unpaired) electrons. The summed E-state index contributed by atoms with van der Waals surface area (Å²) in [6.07, 6.45) is 6.00. The van der Waals surface area contributed by atoms with Crippen molar-refractivity contribution in [2.75, 3.05) is 23.0 Å². The van der Waals surface area contributed by atoms with E-state index in [1.54, 1.807) is 13.2 Å². The molecule has 0 bridgehead atoms. The van der Waals surface area contributed by atoms with Crippen LogP contribution in [0.5, 0.6) is 11.5 Å². The third kappa shape index (κ3) is 3.62. The lowest BCUT2D eigenvalue weighted by molar-refractivity contribution is 0.0986. The van der Waals surface area contributed by atoms with Gasteiger partial charge in [0.1, 0.15) is 0 Å². The van der Waals surface area contributed by atoms with Gasteiger partial charge in [-0.2, -0.15) is 0 Å². The second-order valence-electron chi connectivity index (χ2n) is 6.97. The smallest absolute Gasteiger partial charge is 0.261 e. The SMILES string of the molecule is COc1cc2c(cc1OCCCCCI)N=C[C@H]1Cc3ccccc3N1C2=O. The molecule has 0 fully saturated rings. The molecule has 6 heteroatoms. The van der Waals surface area contributed by atoms with E-state index in [1.807, 2.05) is 35.4 Å². The molecule has 0 N–H and O–H groups in total. The van der Waals surface area contributed by atoms with Crippen LogP contribution in [0.4, 0.5) is 11.4 Å². The number of nitrogens with zero attached hydrogens (tertiary/aromatic N) is 2. The number of unbranched alkanes of at least 4 members (excludes halogenated alkanes) is 2. The van der Waals surface area contributed by atoms with Crippen LogP contribution in [0.2, 0.25) is 0 Å². The molecule has 2 aromatic rings. The number of anilines is 1. The fourth-order valence-electron chi connectivity index (χ4n) is 3.74. The lowest BCUT2D eigenvalue weighted by atomic mass is 10.1. The van der Waals surface area contributed by atoms with E-state index in [-0.39, 0.29) is 11.9 Å². The van der Waals surface area contributed by atoms with Crippen LogP contribution in [0.15, 0.2) is 41.4 Å². The fraction of sp³-hybridized carbons (Fsp3) is 0.364. The zero-order valence-corrected chi connectivity index (χ0v) is 18.0. The summed E-state index contributed by atoms with van der Waals surface area (Å²) < 4.78 is 12.6. The van der Waals surface area contributed by atoms with Crippen molar-refractivity contribution in [2.45, 2.75) is 31.7 Å². The van der Waals surface area contributed by atoms with Crippen molar-refractivity contribution >= 4 is 46.1 Å². The van der Waals surface area contributed by atoms with E-state index >= 15 is 0 Å². The highest BCUT2D eigenvalue weighted by atomic mass is 127. The Hall–Kier alpha value is -2.09. The van der Waals surface area contributed by atoms with E-state index in [2.05, 4.69) is 33.6 Å². The Balaban J connectivity index is 1.62. The van der Waals surface area contributed by atoms with E-state index in [0.29, 0.717) is 29.4 Å². The Morgan fingerprint density at radius 1 is 1.18 bits per heavy atom. The van der Waals surface area contributed by atoms with E-state index in [9.17, 15) is 4.79 Å². The average Bonchev–Trinajstić information content (AvgIpc) is 3.03. The molecule has 146 valence electrons. The number of rotatable bonds is 7. The Morgan fingerprint density at radius 3 is 2.86 bits per heavy atom. The second-order valence-corrected chi connectivity index (χ2v) is 8.05. The lowest BCUT2D eigenvalue weighted by Gasteiger charge is -2.22. The van der Waals surface area contributed by atoms with Crippen LogP contribution in [0.3, 0.4) is 0 Å². The maximum Gasteiger partial charge on any atom is 0.261 e. The van der Waals surface area contributed by atoms with Gasteiger partial charge in [0, 0.05) is 24.4 Å². The number of amides is 1. The Kier molecular flexibility index (Phi) is 5.85. The summed E-state index contributed by atoms with van der Waals surface area (Å²) in [5.74, 6) is 1.17. The van der Waals surface area contributed by atoms with Crippen LogP contribution < -0.4 is 14.4 Å². The molecule has 0 unspecified atom stereocenters. The fourth-order valence-corrected chi connectivity index (χ4v) is 4.28. The van der Waals surface area contributed by atoms with Gasteiger partial charge in [0.25, 0.3) is 5.91 Å². The van der Waals surface area contributed by atoms with E-state index in [1.165, 1.54) is 12.0 Å². The highest BCUT2D eigenvalue weighted by Crippen LogP contribution is 2.40. The number of carbonyl (C=O) groups is 1. The minimum absolute atomic E-state index is 0.0469. The van der Waals surface area contributed by atoms with Crippen molar-refractivity contribution in [1.29, 1.82) is 0 Å². The van der Waals surface area contributed by atoms with Gasteiger partial charge in [-0.3, -0.25) is 14.7 Å². The predicted octanol–water partition coefficient (Wildman–Crippen LogP) is 4.97. The van der Waals surface area contributed by atoms with Crippen molar-refractivity contribution in [3.05, 3.63) is 47.5 Å². The minimum atomic E-state index is -0.0547. The standard InChI is InChI=1S/C22H23IN2O3/c1-27-20-12-17-18(13-21(20)28-10-6-2-5-9-23)24-14-16-11-15-7-3-4-8-19(15)25(16)22(17)26/h3-4,7-8,12-14,16H,2,5-6,9-11H2,1H3/t16-/m1/s1. The summed E-state index contributed by atoms with van der Waals surface area (Å²) in [5, 5.41) is 0. The number of methoxy groups -OCH3 is 1. The molecule has 0 saturated carbocycles. The Labute approximate surface area is 178 Å². The number of alkyl halides is 1. The number of fused-ring (bicyclic) bond motifs is 4.